The van der Waals surface area contributed by atoms with Gasteiger partial charge in [-0.1, -0.05) is 0 Å². The molecule has 1 amide bonds. The minimum atomic E-state index is -0.460. The van der Waals surface area contributed by atoms with Crippen LogP contribution in [0.5, 0.6) is 0 Å². The maximum atomic E-state index is 12.2. The summed E-state index contributed by atoms with van der Waals surface area (Å²) in [6.07, 6.45) is 3.08. The smallest absolute Gasteiger partial charge is 0.410 e. The topological polar surface area (TPSA) is 49.9 Å². The van der Waals surface area contributed by atoms with Gasteiger partial charge in [-0.15, -0.1) is 0 Å². The molecule has 24 heavy (non-hydrogen) atoms. The Bertz CT molecular complexity index is 624. The van der Waals surface area contributed by atoms with E-state index in [-0.39, 0.29) is 6.09 Å². The van der Waals surface area contributed by atoms with Crippen molar-refractivity contribution in [2.24, 2.45) is 0 Å². The minimum absolute atomic E-state index is 0.235. The van der Waals surface area contributed by atoms with E-state index in [1.165, 1.54) is 24.1 Å². The maximum Gasteiger partial charge on any atom is 0.410 e. The van der Waals surface area contributed by atoms with Crippen LogP contribution in [0.15, 0.2) is 18.2 Å². The number of amides is 1. The van der Waals surface area contributed by atoms with Crippen molar-refractivity contribution >= 4 is 18.1 Å². The fraction of sp³-hybridized carbons (Fsp3) is 0.579. The third-order valence-corrected chi connectivity index (χ3v) is 4.48. The summed E-state index contributed by atoms with van der Waals surface area (Å²) >= 11 is 0. The average Bonchev–Trinajstić information content (AvgIpc) is 3.37. The monoisotopic (exact) mass is 330 g/mol. The molecule has 2 fully saturated rings. The molecule has 0 spiro atoms. The van der Waals surface area contributed by atoms with Gasteiger partial charge in [-0.25, -0.2) is 4.79 Å². The summed E-state index contributed by atoms with van der Waals surface area (Å²) in [7, 11) is 0. The summed E-state index contributed by atoms with van der Waals surface area (Å²) in [5, 5.41) is 0. The molecule has 0 N–H and O–H groups in total. The molecule has 1 aromatic rings. The number of hydrogen-bond acceptors (Lipinski definition) is 4. The first kappa shape index (κ1) is 16.8. The highest BCUT2D eigenvalue weighted by atomic mass is 16.6. The second-order valence-corrected chi connectivity index (χ2v) is 7.66. The lowest BCUT2D eigenvalue weighted by Crippen LogP contribution is -2.50. The Labute approximate surface area is 143 Å². The molecule has 5 nitrogen and oxygen atoms in total. The van der Waals surface area contributed by atoms with Crippen LogP contribution in [0, 0.1) is 0 Å². The Kier molecular flexibility index (Phi) is 4.52. The summed E-state index contributed by atoms with van der Waals surface area (Å²) in [4.78, 5) is 27.3. The molecule has 1 saturated heterocycles. The van der Waals surface area contributed by atoms with Crippen molar-refractivity contribution < 1.29 is 14.3 Å². The molecule has 1 saturated carbocycles. The molecule has 3 rings (SSSR count). The molecule has 0 bridgehead atoms. The molecule has 0 aromatic heterocycles. The highest BCUT2D eigenvalue weighted by Gasteiger charge is 2.30. The molecule has 0 radical (unpaired) electrons. The van der Waals surface area contributed by atoms with E-state index in [0.717, 1.165) is 24.9 Å². The quantitative estimate of drug-likeness (QED) is 0.797. The Hall–Kier alpha value is -2.04. The van der Waals surface area contributed by atoms with E-state index in [2.05, 4.69) is 11.0 Å². The van der Waals surface area contributed by atoms with Gasteiger partial charge in [0, 0.05) is 37.4 Å². The highest BCUT2D eigenvalue weighted by molar-refractivity contribution is 5.77. The number of piperazine rings is 1. The van der Waals surface area contributed by atoms with Crippen LogP contribution < -0.4 is 4.90 Å². The van der Waals surface area contributed by atoms with Gasteiger partial charge in [0.1, 0.15) is 11.9 Å². The number of carbonyl (C=O) groups excluding carboxylic acids is 2. The van der Waals surface area contributed by atoms with Crippen LogP contribution in [-0.2, 0) is 4.74 Å². The number of rotatable bonds is 3. The lowest BCUT2D eigenvalue weighted by molar-refractivity contribution is 0.0240. The van der Waals surface area contributed by atoms with E-state index in [9.17, 15) is 9.59 Å². The zero-order chi connectivity index (χ0) is 17.3. The van der Waals surface area contributed by atoms with Crippen molar-refractivity contribution in [1.29, 1.82) is 0 Å². The first-order valence-corrected chi connectivity index (χ1v) is 8.69. The summed E-state index contributed by atoms with van der Waals surface area (Å²) in [5.41, 5.74) is 2.78. The second-order valence-electron chi connectivity index (χ2n) is 7.66. The molecule has 130 valence electrons. The lowest BCUT2D eigenvalue weighted by atomic mass is 10.0. The van der Waals surface area contributed by atoms with Crippen LogP contribution in [0.25, 0.3) is 0 Å². The Morgan fingerprint density at radius 1 is 1.17 bits per heavy atom. The number of aldehydes is 1. The van der Waals surface area contributed by atoms with E-state index in [1.807, 2.05) is 32.9 Å². The third-order valence-electron chi connectivity index (χ3n) is 4.48. The fourth-order valence-corrected chi connectivity index (χ4v) is 3.11. The first-order valence-electron chi connectivity index (χ1n) is 8.69. The molecule has 1 aliphatic carbocycles. The molecule has 0 unspecified atom stereocenters. The number of ether oxygens (including phenoxy) is 1. The maximum absolute atomic E-state index is 12.2. The molecular formula is C19H26N2O3. The van der Waals surface area contributed by atoms with E-state index in [0.29, 0.717) is 19.0 Å². The van der Waals surface area contributed by atoms with Gasteiger partial charge >= 0.3 is 6.09 Å². The largest absolute Gasteiger partial charge is 0.444 e. The van der Waals surface area contributed by atoms with Gasteiger partial charge in [-0.2, -0.15) is 0 Å². The normalized spacial score (nSPS) is 18.5. The first-order chi connectivity index (χ1) is 11.4. The van der Waals surface area contributed by atoms with Crippen molar-refractivity contribution in [2.45, 2.75) is 45.1 Å². The number of benzene rings is 1. The predicted octanol–water partition coefficient (Wildman–Crippen LogP) is 3.43. The predicted molar refractivity (Wildman–Crippen MR) is 93.8 cm³/mol. The van der Waals surface area contributed by atoms with Gasteiger partial charge in [-0.05, 0) is 63.3 Å². The van der Waals surface area contributed by atoms with Gasteiger partial charge in [0.2, 0.25) is 0 Å². The summed E-state index contributed by atoms with van der Waals surface area (Å²) < 4.78 is 5.45. The van der Waals surface area contributed by atoms with Crippen molar-refractivity contribution in [1.82, 2.24) is 4.90 Å². The average molecular weight is 330 g/mol. The molecule has 1 aromatic carbocycles. The SMILES string of the molecule is CC(C)(C)OC(=O)N1CCN(c2ccc(C=O)cc2C2CC2)CC1. The standard InChI is InChI=1S/C19H26N2O3/c1-19(2,3)24-18(23)21-10-8-20(9-11-21)17-7-4-14(13-22)12-16(17)15-5-6-15/h4,7,12-13,15H,5-6,8-11H2,1-3H3. The zero-order valence-electron chi connectivity index (χ0n) is 14.7. The van der Waals surface area contributed by atoms with E-state index in [1.54, 1.807) is 4.90 Å². The highest BCUT2D eigenvalue weighted by Crippen LogP contribution is 2.44. The Morgan fingerprint density at radius 3 is 2.38 bits per heavy atom. The number of nitrogens with zero attached hydrogens (tertiary/aromatic N) is 2. The van der Waals surface area contributed by atoms with Gasteiger partial charge in [-0.3, -0.25) is 4.79 Å². The summed E-state index contributed by atoms with van der Waals surface area (Å²) in [6, 6.07) is 5.97. The van der Waals surface area contributed by atoms with Crippen LogP contribution in [0.3, 0.4) is 0 Å². The van der Waals surface area contributed by atoms with Crippen LogP contribution in [0.1, 0.15) is 55.5 Å². The van der Waals surface area contributed by atoms with E-state index < -0.39 is 5.60 Å². The second kappa shape index (κ2) is 6.46. The van der Waals surface area contributed by atoms with Crippen molar-refractivity contribution in [2.75, 3.05) is 31.1 Å². The fourth-order valence-electron chi connectivity index (χ4n) is 3.11. The van der Waals surface area contributed by atoms with Gasteiger partial charge < -0.3 is 14.5 Å². The summed E-state index contributed by atoms with van der Waals surface area (Å²) in [6.45, 7) is 8.56. The third kappa shape index (κ3) is 3.89. The number of carbonyl (C=O) groups is 2. The summed E-state index contributed by atoms with van der Waals surface area (Å²) in [5.74, 6) is 0.587. The van der Waals surface area contributed by atoms with E-state index >= 15 is 0 Å². The molecule has 2 aliphatic rings. The molecule has 1 heterocycles. The number of anilines is 1. The van der Waals surface area contributed by atoms with Gasteiger partial charge in [0.15, 0.2) is 0 Å². The van der Waals surface area contributed by atoms with Gasteiger partial charge in [0.05, 0.1) is 0 Å². The minimum Gasteiger partial charge on any atom is -0.444 e. The number of hydrogen-bond donors (Lipinski definition) is 0. The molecular weight excluding hydrogens is 304 g/mol. The van der Waals surface area contributed by atoms with Crippen molar-refractivity contribution in [3.8, 4) is 0 Å². The molecule has 1 aliphatic heterocycles. The van der Waals surface area contributed by atoms with Crippen LogP contribution in [0.4, 0.5) is 10.5 Å². The van der Waals surface area contributed by atoms with Gasteiger partial charge in [0.25, 0.3) is 0 Å². The van der Waals surface area contributed by atoms with Crippen LogP contribution in [-0.4, -0.2) is 49.1 Å². The van der Waals surface area contributed by atoms with Crippen LogP contribution in [0.2, 0.25) is 0 Å². The van der Waals surface area contributed by atoms with E-state index in [4.69, 9.17) is 4.74 Å². The van der Waals surface area contributed by atoms with Crippen molar-refractivity contribution in [3.05, 3.63) is 29.3 Å². The molecule has 5 heteroatoms. The molecule has 0 atom stereocenters. The van der Waals surface area contributed by atoms with Crippen molar-refractivity contribution in [3.63, 3.8) is 0 Å². The Balaban J connectivity index is 1.67. The Morgan fingerprint density at radius 2 is 1.83 bits per heavy atom. The lowest BCUT2D eigenvalue weighted by Gasteiger charge is -2.37. The van der Waals surface area contributed by atoms with Crippen LogP contribution >= 0.6 is 0 Å². The zero-order valence-corrected chi connectivity index (χ0v) is 14.7.